The smallest absolute Gasteiger partial charge is 0.163 e. The summed E-state index contributed by atoms with van der Waals surface area (Å²) in [5.74, 6) is 6.31. The van der Waals surface area contributed by atoms with Gasteiger partial charge in [-0.2, -0.15) is 0 Å². The Kier molecular flexibility index (Phi) is 3.38. The average Bonchev–Trinajstić information content (AvgIpc) is 2.30. The third-order valence-corrected chi connectivity index (χ3v) is 2.76. The first-order valence-electron chi connectivity index (χ1n) is 5.61. The first kappa shape index (κ1) is 10.9. The lowest BCUT2D eigenvalue weighted by Crippen LogP contribution is -2.10. The Morgan fingerprint density at radius 3 is 3.06 bits per heavy atom. The number of carbonyl (C=O) groups is 1. The fourth-order valence-corrected chi connectivity index (χ4v) is 1.94. The molecule has 2 nitrogen and oxygen atoms in total. The molecular weight excluding hydrogens is 198 g/mol. The summed E-state index contributed by atoms with van der Waals surface area (Å²) < 4.78 is 0. The van der Waals surface area contributed by atoms with Crippen LogP contribution in [-0.4, -0.2) is 19.4 Å². The molecule has 1 aromatic rings. The molecule has 0 heterocycles. The molecule has 0 radical (unpaired) electrons. The summed E-state index contributed by atoms with van der Waals surface area (Å²) in [6.07, 6.45) is 2.68. The summed E-state index contributed by atoms with van der Waals surface area (Å²) in [6, 6.07) is 5.97. The molecule has 16 heavy (non-hydrogen) atoms. The van der Waals surface area contributed by atoms with Crippen LogP contribution in [0.15, 0.2) is 18.2 Å². The van der Waals surface area contributed by atoms with E-state index in [-0.39, 0.29) is 5.78 Å². The Labute approximate surface area is 96.1 Å². The fourth-order valence-electron chi connectivity index (χ4n) is 1.94. The van der Waals surface area contributed by atoms with Crippen molar-refractivity contribution >= 4 is 5.78 Å². The second kappa shape index (κ2) is 4.96. The van der Waals surface area contributed by atoms with Crippen LogP contribution >= 0.6 is 0 Å². The fraction of sp³-hybridized carbons (Fsp3) is 0.357. The van der Waals surface area contributed by atoms with Gasteiger partial charge >= 0.3 is 0 Å². The minimum atomic E-state index is 0.263. The average molecular weight is 213 g/mol. The van der Waals surface area contributed by atoms with Crippen LogP contribution in [0.3, 0.4) is 0 Å². The van der Waals surface area contributed by atoms with Gasteiger partial charge in [-0.3, -0.25) is 4.79 Å². The summed E-state index contributed by atoms with van der Waals surface area (Å²) in [5, 5.41) is 2.97. The molecule has 0 saturated heterocycles. The first-order valence-corrected chi connectivity index (χ1v) is 5.61. The predicted molar refractivity (Wildman–Crippen MR) is 64.5 cm³/mol. The van der Waals surface area contributed by atoms with E-state index in [2.05, 4.69) is 17.2 Å². The molecule has 0 fully saturated rings. The number of hydrogen-bond acceptors (Lipinski definition) is 2. The molecule has 0 aromatic heterocycles. The molecule has 0 saturated carbocycles. The van der Waals surface area contributed by atoms with E-state index < -0.39 is 0 Å². The Bertz CT molecular complexity index is 465. The Hall–Kier alpha value is -1.59. The van der Waals surface area contributed by atoms with Gasteiger partial charge in [-0.1, -0.05) is 17.9 Å². The van der Waals surface area contributed by atoms with E-state index in [9.17, 15) is 4.79 Å². The van der Waals surface area contributed by atoms with Crippen molar-refractivity contribution in [1.82, 2.24) is 5.32 Å². The largest absolute Gasteiger partial charge is 0.309 e. The van der Waals surface area contributed by atoms with Crippen LogP contribution in [0.4, 0.5) is 0 Å². The minimum Gasteiger partial charge on any atom is -0.309 e. The summed E-state index contributed by atoms with van der Waals surface area (Å²) in [6.45, 7) is 0.672. The van der Waals surface area contributed by atoms with Gasteiger partial charge in [-0.25, -0.2) is 0 Å². The number of aryl methyl sites for hydroxylation is 1. The normalized spacial score (nSPS) is 13.9. The molecule has 2 rings (SSSR count). The molecule has 2 heteroatoms. The maximum Gasteiger partial charge on any atom is 0.163 e. The van der Waals surface area contributed by atoms with Crippen molar-refractivity contribution in [1.29, 1.82) is 0 Å². The molecule has 1 N–H and O–H groups in total. The lowest BCUT2D eigenvalue weighted by atomic mass is 9.89. The molecule has 1 aromatic carbocycles. The van der Waals surface area contributed by atoms with Crippen LogP contribution in [0.5, 0.6) is 0 Å². The zero-order chi connectivity index (χ0) is 11.4. The SMILES string of the molecule is CNCC#Cc1ccc2c(c1)C(=O)CCC2. The summed E-state index contributed by atoms with van der Waals surface area (Å²) >= 11 is 0. The van der Waals surface area contributed by atoms with Gasteiger partial charge in [0, 0.05) is 17.5 Å². The van der Waals surface area contributed by atoms with Crippen molar-refractivity contribution in [3.8, 4) is 11.8 Å². The summed E-state index contributed by atoms with van der Waals surface area (Å²) in [7, 11) is 1.87. The molecule has 82 valence electrons. The van der Waals surface area contributed by atoms with Gasteiger partial charge < -0.3 is 5.32 Å². The summed E-state index contributed by atoms with van der Waals surface area (Å²) in [5.41, 5.74) is 2.99. The minimum absolute atomic E-state index is 0.263. The van der Waals surface area contributed by atoms with E-state index >= 15 is 0 Å². The molecule has 0 spiro atoms. The molecule has 1 aliphatic rings. The van der Waals surface area contributed by atoms with Crippen molar-refractivity contribution < 1.29 is 4.79 Å². The van der Waals surface area contributed by atoms with Gasteiger partial charge in [-0.15, -0.1) is 0 Å². The number of carbonyl (C=O) groups excluding carboxylic acids is 1. The van der Waals surface area contributed by atoms with Gasteiger partial charge in [0.15, 0.2) is 5.78 Å². The number of hydrogen-bond donors (Lipinski definition) is 1. The molecule has 0 atom stereocenters. The Balaban J connectivity index is 2.28. The van der Waals surface area contributed by atoms with Crippen molar-refractivity contribution in [3.05, 3.63) is 34.9 Å². The van der Waals surface area contributed by atoms with E-state index in [4.69, 9.17) is 0 Å². The number of fused-ring (bicyclic) bond motifs is 1. The third-order valence-electron chi connectivity index (χ3n) is 2.76. The molecule has 0 aliphatic heterocycles. The monoisotopic (exact) mass is 213 g/mol. The van der Waals surface area contributed by atoms with Crippen LogP contribution in [-0.2, 0) is 6.42 Å². The highest BCUT2D eigenvalue weighted by molar-refractivity contribution is 5.98. The highest BCUT2D eigenvalue weighted by atomic mass is 16.1. The number of Topliss-reactive ketones (excluding diaryl/α,β-unsaturated/α-hetero) is 1. The van der Waals surface area contributed by atoms with Crippen molar-refractivity contribution in [2.24, 2.45) is 0 Å². The number of nitrogens with one attached hydrogen (secondary N) is 1. The number of benzene rings is 1. The number of rotatable bonds is 1. The maximum atomic E-state index is 11.7. The first-order chi connectivity index (χ1) is 7.81. The van der Waals surface area contributed by atoms with Gasteiger partial charge in [0.2, 0.25) is 0 Å². The van der Waals surface area contributed by atoms with Gasteiger partial charge in [0.25, 0.3) is 0 Å². The highest BCUT2D eigenvalue weighted by Crippen LogP contribution is 2.21. The maximum absolute atomic E-state index is 11.7. The van der Waals surface area contributed by atoms with Crippen LogP contribution in [0, 0.1) is 11.8 Å². The van der Waals surface area contributed by atoms with E-state index in [1.165, 1.54) is 5.56 Å². The van der Waals surface area contributed by atoms with Crippen LogP contribution < -0.4 is 5.32 Å². The lowest BCUT2D eigenvalue weighted by Gasteiger charge is -2.14. The molecule has 1 aliphatic carbocycles. The van der Waals surface area contributed by atoms with Crippen LogP contribution in [0.1, 0.15) is 34.3 Å². The third kappa shape index (κ3) is 2.32. The second-order valence-corrected chi connectivity index (χ2v) is 3.98. The molecule has 0 amide bonds. The van der Waals surface area contributed by atoms with E-state index in [0.29, 0.717) is 13.0 Å². The van der Waals surface area contributed by atoms with Crippen molar-refractivity contribution in [2.45, 2.75) is 19.3 Å². The van der Waals surface area contributed by atoms with E-state index in [0.717, 1.165) is 24.0 Å². The Morgan fingerprint density at radius 1 is 1.38 bits per heavy atom. The zero-order valence-corrected chi connectivity index (χ0v) is 9.47. The van der Waals surface area contributed by atoms with Crippen LogP contribution in [0.25, 0.3) is 0 Å². The predicted octanol–water partition coefficient (Wildman–Crippen LogP) is 1.78. The molecule has 0 bridgehead atoms. The van der Waals surface area contributed by atoms with Gasteiger partial charge in [0.05, 0.1) is 6.54 Å². The quantitative estimate of drug-likeness (QED) is 0.720. The molecule has 0 unspecified atom stereocenters. The molecular formula is C14H15NO. The zero-order valence-electron chi connectivity index (χ0n) is 9.47. The van der Waals surface area contributed by atoms with Gasteiger partial charge in [-0.05, 0) is 37.6 Å². The highest BCUT2D eigenvalue weighted by Gasteiger charge is 2.16. The number of ketones is 1. The van der Waals surface area contributed by atoms with E-state index in [1.54, 1.807) is 0 Å². The lowest BCUT2D eigenvalue weighted by molar-refractivity contribution is 0.0972. The van der Waals surface area contributed by atoms with Crippen molar-refractivity contribution in [3.63, 3.8) is 0 Å². The Morgan fingerprint density at radius 2 is 2.25 bits per heavy atom. The van der Waals surface area contributed by atoms with Gasteiger partial charge in [0.1, 0.15) is 0 Å². The topological polar surface area (TPSA) is 29.1 Å². The standard InChI is InChI=1S/C14H15NO/c1-15-9-3-4-11-7-8-12-5-2-6-14(16)13(12)10-11/h7-8,10,15H,2,5-6,9H2,1H3. The van der Waals surface area contributed by atoms with Crippen molar-refractivity contribution in [2.75, 3.05) is 13.6 Å². The summed E-state index contributed by atoms with van der Waals surface area (Å²) in [4.78, 5) is 11.7. The second-order valence-electron chi connectivity index (χ2n) is 3.98. The van der Waals surface area contributed by atoms with Crippen LogP contribution in [0.2, 0.25) is 0 Å². The van der Waals surface area contributed by atoms with E-state index in [1.807, 2.05) is 25.2 Å².